The van der Waals surface area contributed by atoms with E-state index in [2.05, 4.69) is 14.9 Å². The van der Waals surface area contributed by atoms with Gasteiger partial charge in [0.2, 0.25) is 5.95 Å². The Labute approximate surface area is 191 Å². The maximum absolute atomic E-state index is 14.2. The second kappa shape index (κ2) is 8.20. The van der Waals surface area contributed by atoms with Crippen LogP contribution in [-0.2, 0) is 19.3 Å². The number of piperidine rings is 1. The molecule has 1 saturated carbocycles. The van der Waals surface area contributed by atoms with Gasteiger partial charge in [-0.15, -0.1) is 0 Å². The highest BCUT2D eigenvalue weighted by Crippen LogP contribution is 2.61. The van der Waals surface area contributed by atoms with E-state index in [0.29, 0.717) is 35.6 Å². The zero-order chi connectivity index (χ0) is 22.5. The summed E-state index contributed by atoms with van der Waals surface area (Å²) in [6, 6.07) is 4.02. The quantitative estimate of drug-likeness (QED) is 0.659. The van der Waals surface area contributed by atoms with Crippen LogP contribution in [0.5, 0.6) is 0 Å². The van der Waals surface area contributed by atoms with E-state index in [1.807, 2.05) is 0 Å². The van der Waals surface area contributed by atoms with Crippen molar-refractivity contribution in [2.24, 2.45) is 17.3 Å². The van der Waals surface area contributed by atoms with Crippen molar-refractivity contribution in [2.45, 2.75) is 30.4 Å². The number of benzene rings is 1. The summed E-state index contributed by atoms with van der Waals surface area (Å²) in [4.78, 5) is 10.5. The summed E-state index contributed by atoms with van der Waals surface area (Å²) in [5, 5.41) is 0.535. The average Bonchev–Trinajstić information content (AvgIpc) is 3.47. The fourth-order valence-corrected chi connectivity index (χ4v) is 5.90. The number of ether oxygens (including phenoxy) is 2. The van der Waals surface area contributed by atoms with Crippen molar-refractivity contribution >= 4 is 27.4 Å². The van der Waals surface area contributed by atoms with E-state index < -0.39 is 21.9 Å². The Kier molecular flexibility index (Phi) is 5.64. The van der Waals surface area contributed by atoms with Gasteiger partial charge in [-0.3, -0.25) is 0 Å². The van der Waals surface area contributed by atoms with E-state index in [9.17, 15) is 12.8 Å². The zero-order valence-electron chi connectivity index (χ0n) is 17.7. The predicted octanol–water partition coefficient (Wildman–Crippen LogP) is 3.64. The minimum absolute atomic E-state index is 0.0331. The number of hydrogen-bond donors (Lipinski definition) is 0. The topological polar surface area (TPSA) is 81.6 Å². The first-order valence-electron chi connectivity index (χ1n) is 10.7. The van der Waals surface area contributed by atoms with Crippen LogP contribution in [0.15, 0.2) is 35.5 Å². The third-order valence-electron chi connectivity index (χ3n) is 6.92. The number of hydrogen-bond acceptors (Lipinski definition) is 7. The van der Waals surface area contributed by atoms with E-state index >= 15 is 0 Å². The number of anilines is 1. The Morgan fingerprint density at radius 3 is 2.41 bits per heavy atom. The Bertz CT molecular complexity index is 1100. The van der Waals surface area contributed by atoms with Crippen LogP contribution in [-0.4, -0.2) is 50.9 Å². The molecule has 3 aliphatic rings. The van der Waals surface area contributed by atoms with Crippen molar-refractivity contribution in [1.82, 2.24) is 9.97 Å². The molecule has 32 heavy (non-hydrogen) atoms. The van der Waals surface area contributed by atoms with Gasteiger partial charge >= 0.3 is 0 Å². The summed E-state index contributed by atoms with van der Waals surface area (Å²) < 4.78 is 49.4. The van der Waals surface area contributed by atoms with Gasteiger partial charge in [0.1, 0.15) is 10.7 Å². The normalized spacial score (nSPS) is 28.8. The first-order valence-corrected chi connectivity index (χ1v) is 13.0. The Morgan fingerprint density at radius 2 is 1.81 bits per heavy atom. The van der Waals surface area contributed by atoms with Crippen LogP contribution in [0.3, 0.4) is 0 Å². The molecule has 2 saturated heterocycles. The van der Waals surface area contributed by atoms with Crippen LogP contribution in [0.1, 0.15) is 31.1 Å². The minimum atomic E-state index is -3.61. The molecule has 1 aliphatic carbocycles. The standard InChI is InChI=1S/C22H25ClFN3O4S/c1-32(28,29)19-3-2-15(8-18(19)24)20-30-12-22(13-31-20)9-17(22)14-4-6-27(7-5-14)21-25-10-16(23)11-26-21/h2-3,8,10-11,14,17,20H,4-7,9,12-13H2,1H3. The molecule has 5 rings (SSSR count). The Balaban J connectivity index is 1.16. The maximum Gasteiger partial charge on any atom is 0.225 e. The van der Waals surface area contributed by atoms with Crippen molar-refractivity contribution in [3.63, 3.8) is 0 Å². The number of aromatic nitrogens is 2. The molecule has 0 bridgehead atoms. The highest BCUT2D eigenvalue weighted by Gasteiger charge is 2.59. The fraction of sp³-hybridized carbons (Fsp3) is 0.545. The monoisotopic (exact) mass is 481 g/mol. The van der Waals surface area contributed by atoms with Crippen LogP contribution in [0, 0.1) is 23.1 Å². The highest BCUT2D eigenvalue weighted by molar-refractivity contribution is 7.90. The molecular formula is C22H25ClFN3O4S. The summed E-state index contributed by atoms with van der Waals surface area (Å²) in [5.41, 5.74) is 0.531. The second-order valence-electron chi connectivity index (χ2n) is 9.11. The SMILES string of the molecule is CS(=O)(=O)c1ccc(C2OCC3(CO2)CC3C2CCN(c3ncc(Cl)cn3)CC2)cc1F. The van der Waals surface area contributed by atoms with E-state index in [-0.39, 0.29) is 10.3 Å². The fourth-order valence-electron chi connectivity index (χ4n) is 5.08. The number of sulfone groups is 1. The molecule has 1 atom stereocenters. The first-order chi connectivity index (χ1) is 15.2. The lowest BCUT2D eigenvalue weighted by atomic mass is 9.87. The van der Waals surface area contributed by atoms with Crippen LogP contribution < -0.4 is 4.90 Å². The summed E-state index contributed by atoms with van der Waals surface area (Å²) in [5.74, 6) is 1.10. The summed E-state index contributed by atoms with van der Waals surface area (Å²) in [6.45, 7) is 2.96. The van der Waals surface area contributed by atoms with Crippen LogP contribution in [0.4, 0.5) is 10.3 Å². The van der Waals surface area contributed by atoms with Crippen LogP contribution in [0.2, 0.25) is 5.02 Å². The van der Waals surface area contributed by atoms with Crippen molar-refractivity contribution in [1.29, 1.82) is 0 Å². The van der Waals surface area contributed by atoms with Crippen molar-refractivity contribution in [3.8, 4) is 0 Å². The van der Waals surface area contributed by atoms with Gasteiger partial charge in [0.25, 0.3) is 0 Å². The molecule has 3 heterocycles. The minimum Gasteiger partial charge on any atom is -0.348 e. The molecular weight excluding hydrogens is 457 g/mol. The number of nitrogens with zero attached hydrogens (tertiary/aromatic N) is 3. The molecule has 1 unspecified atom stereocenters. The van der Waals surface area contributed by atoms with E-state index in [1.54, 1.807) is 18.5 Å². The van der Waals surface area contributed by atoms with Gasteiger partial charge in [0.15, 0.2) is 16.1 Å². The first kappa shape index (κ1) is 22.0. The molecule has 0 radical (unpaired) electrons. The smallest absolute Gasteiger partial charge is 0.225 e. The third kappa shape index (κ3) is 4.23. The molecule has 1 aromatic carbocycles. The lowest BCUT2D eigenvalue weighted by Gasteiger charge is -2.35. The van der Waals surface area contributed by atoms with Gasteiger partial charge < -0.3 is 14.4 Å². The molecule has 172 valence electrons. The van der Waals surface area contributed by atoms with E-state index in [4.69, 9.17) is 21.1 Å². The van der Waals surface area contributed by atoms with Crippen molar-refractivity contribution in [3.05, 3.63) is 47.0 Å². The second-order valence-corrected chi connectivity index (χ2v) is 11.5. The molecule has 1 aromatic heterocycles. The number of halogens is 2. The summed E-state index contributed by atoms with van der Waals surface area (Å²) in [6.07, 6.45) is 6.78. The van der Waals surface area contributed by atoms with Gasteiger partial charge in [-0.1, -0.05) is 17.7 Å². The summed E-state index contributed by atoms with van der Waals surface area (Å²) >= 11 is 5.88. The zero-order valence-corrected chi connectivity index (χ0v) is 19.3. The Hall–Kier alpha value is -1.81. The van der Waals surface area contributed by atoms with Gasteiger partial charge in [-0.05, 0) is 43.2 Å². The maximum atomic E-state index is 14.2. The van der Waals surface area contributed by atoms with Crippen LogP contribution in [0.25, 0.3) is 0 Å². The molecule has 0 N–H and O–H groups in total. The number of rotatable bonds is 4. The molecule has 1 spiro atoms. The average molecular weight is 482 g/mol. The summed E-state index contributed by atoms with van der Waals surface area (Å²) in [7, 11) is -3.61. The molecule has 10 heteroatoms. The lowest BCUT2D eigenvalue weighted by molar-refractivity contribution is -0.216. The third-order valence-corrected chi connectivity index (χ3v) is 8.25. The van der Waals surface area contributed by atoms with Crippen LogP contribution >= 0.6 is 11.6 Å². The van der Waals surface area contributed by atoms with Crippen molar-refractivity contribution in [2.75, 3.05) is 37.5 Å². The largest absolute Gasteiger partial charge is 0.348 e. The van der Waals surface area contributed by atoms with E-state index in [1.165, 1.54) is 12.1 Å². The molecule has 0 amide bonds. The molecule has 3 fully saturated rings. The van der Waals surface area contributed by atoms with Gasteiger partial charge in [0, 0.05) is 30.3 Å². The molecule has 2 aromatic rings. The van der Waals surface area contributed by atoms with Gasteiger partial charge in [-0.25, -0.2) is 22.8 Å². The van der Waals surface area contributed by atoms with Crippen molar-refractivity contribution < 1.29 is 22.3 Å². The Morgan fingerprint density at radius 1 is 1.16 bits per heavy atom. The lowest BCUT2D eigenvalue weighted by Crippen LogP contribution is -2.37. The molecule has 7 nitrogen and oxygen atoms in total. The molecule has 2 aliphatic heterocycles. The predicted molar refractivity (Wildman–Crippen MR) is 117 cm³/mol. The van der Waals surface area contributed by atoms with E-state index in [0.717, 1.165) is 44.6 Å². The van der Waals surface area contributed by atoms with Gasteiger partial charge in [-0.2, -0.15) is 0 Å². The van der Waals surface area contributed by atoms with Gasteiger partial charge in [0.05, 0.1) is 30.6 Å². The highest BCUT2D eigenvalue weighted by atomic mass is 35.5.